The Labute approximate surface area is 63.1 Å². The average molecular weight is 140 g/mol. The molecule has 0 aliphatic rings. The third-order valence-electron chi connectivity index (χ3n) is 1.21. The second kappa shape index (κ2) is 8.44. The lowest BCUT2D eigenvalue weighted by atomic mass is 10.2. The zero-order chi connectivity index (χ0) is 7.66. The van der Waals surface area contributed by atoms with Crippen molar-refractivity contribution in [3.8, 4) is 0 Å². The Balaban J connectivity index is 3.11. The molecule has 0 amide bonds. The lowest BCUT2D eigenvalue weighted by Gasteiger charge is -1.85. The highest BCUT2D eigenvalue weighted by Gasteiger charge is 1.74. The van der Waals surface area contributed by atoms with Crippen molar-refractivity contribution < 1.29 is 5.11 Å². The summed E-state index contributed by atoms with van der Waals surface area (Å²) in [5, 5.41) is 8.35. The highest BCUT2D eigenvalue weighted by Crippen LogP contribution is 1.94. The molecule has 0 aromatic carbocycles. The smallest absolute Gasteiger partial charge is 0.0615 e. The first kappa shape index (κ1) is 9.44. The molecule has 10 heavy (non-hydrogen) atoms. The molecule has 0 rings (SSSR count). The molecule has 0 saturated heterocycles. The van der Waals surface area contributed by atoms with Crippen molar-refractivity contribution in [2.45, 2.75) is 26.2 Å². The van der Waals surface area contributed by atoms with Crippen LogP contribution in [0.3, 0.4) is 0 Å². The normalized spacial score (nSPS) is 11.8. The summed E-state index contributed by atoms with van der Waals surface area (Å²) in [6.45, 7) is 2.31. The van der Waals surface area contributed by atoms with Crippen molar-refractivity contribution in [2.24, 2.45) is 0 Å². The lowest BCUT2D eigenvalue weighted by Crippen LogP contribution is -1.68. The fourth-order valence-corrected chi connectivity index (χ4v) is 0.636. The van der Waals surface area contributed by atoms with Crippen molar-refractivity contribution in [1.29, 1.82) is 0 Å². The Kier molecular flexibility index (Phi) is 7.97. The van der Waals surface area contributed by atoms with Gasteiger partial charge in [0.15, 0.2) is 0 Å². The standard InChI is InChI=1S/C9H16O/c1-2-3-4-5-6-7-8-9-10/h5-8,10H,2-4,9H2,1H3/b6-5?,8-7+. The summed E-state index contributed by atoms with van der Waals surface area (Å²) in [5.74, 6) is 0. The molecule has 0 aromatic heterocycles. The van der Waals surface area contributed by atoms with Crippen LogP contribution in [0.15, 0.2) is 24.3 Å². The minimum absolute atomic E-state index is 0.137. The van der Waals surface area contributed by atoms with Crippen LogP contribution in [0, 0.1) is 0 Å². The zero-order valence-electron chi connectivity index (χ0n) is 6.59. The van der Waals surface area contributed by atoms with E-state index in [9.17, 15) is 0 Å². The summed E-state index contributed by atoms with van der Waals surface area (Å²) in [7, 11) is 0. The zero-order valence-corrected chi connectivity index (χ0v) is 6.59. The third-order valence-corrected chi connectivity index (χ3v) is 1.21. The van der Waals surface area contributed by atoms with Gasteiger partial charge in [0.1, 0.15) is 0 Å². The summed E-state index contributed by atoms with van der Waals surface area (Å²) in [6.07, 6.45) is 11.3. The van der Waals surface area contributed by atoms with Crippen molar-refractivity contribution in [2.75, 3.05) is 6.61 Å². The van der Waals surface area contributed by atoms with E-state index in [1.807, 2.05) is 12.2 Å². The SMILES string of the molecule is CCCCC=C/C=C/CO. The first-order valence-corrected chi connectivity index (χ1v) is 3.84. The van der Waals surface area contributed by atoms with Gasteiger partial charge in [-0.1, -0.05) is 44.1 Å². The van der Waals surface area contributed by atoms with E-state index in [1.54, 1.807) is 6.08 Å². The van der Waals surface area contributed by atoms with Crippen molar-refractivity contribution in [3.63, 3.8) is 0 Å². The quantitative estimate of drug-likeness (QED) is 0.459. The number of aliphatic hydroxyl groups excluding tert-OH is 1. The average Bonchev–Trinajstić information content (AvgIpc) is 1.97. The minimum atomic E-state index is 0.137. The predicted molar refractivity (Wildman–Crippen MR) is 44.9 cm³/mol. The first-order valence-electron chi connectivity index (χ1n) is 3.84. The van der Waals surface area contributed by atoms with Gasteiger partial charge in [-0.2, -0.15) is 0 Å². The summed E-state index contributed by atoms with van der Waals surface area (Å²) >= 11 is 0. The van der Waals surface area contributed by atoms with Crippen LogP contribution in [0.5, 0.6) is 0 Å². The van der Waals surface area contributed by atoms with E-state index in [2.05, 4.69) is 13.0 Å². The minimum Gasteiger partial charge on any atom is -0.392 e. The van der Waals surface area contributed by atoms with Gasteiger partial charge < -0.3 is 5.11 Å². The molecule has 0 heterocycles. The van der Waals surface area contributed by atoms with Gasteiger partial charge in [-0.15, -0.1) is 0 Å². The molecular formula is C9H16O. The molecule has 0 spiro atoms. The largest absolute Gasteiger partial charge is 0.392 e. The second-order valence-electron chi connectivity index (χ2n) is 2.18. The number of aliphatic hydroxyl groups is 1. The molecule has 0 fully saturated rings. The third kappa shape index (κ3) is 7.44. The van der Waals surface area contributed by atoms with Gasteiger partial charge in [-0.05, 0) is 6.42 Å². The summed E-state index contributed by atoms with van der Waals surface area (Å²) in [5.41, 5.74) is 0. The van der Waals surface area contributed by atoms with Crippen LogP contribution in [0.25, 0.3) is 0 Å². The maximum Gasteiger partial charge on any atom is 0.0615 e. The number of unbranched alkanes of at least 4 members (excludes halogenated alkanes) is 2. The number of allylic oxidation sites excluding steroid dienone is 3. The molecule has 0 unspecified atom stereocenters. The van der Waals surface area contributed by atoms with Crippen LogP contribution in [-0.2, 0) is 0 Å². The molecule has 0 aromatic rings. The van der Waals surface area contributed by atoms with Crippen molar-refractivity contribution >= 4 is 0 Å². The Hall–Kier alpha value is -0.560. The fourth-order valence-electron chi connectivity index (χ4n) is 0.636. The van der Waals surface area contributed by atoms with Gasteiger partial charge in [-0.25, -0.2) is 0 Å². The van der Waals surface area contributed by atoms with E-state index >= 15 is 0 Å². The molecule has 0 bridgehead atoms. The summed E-state index contributed by atoms with van der Waals surface area (Å²) < 4.78 is 0. The van der Waals surface area contributed by atoms with E-state index in [-0.39, 0.29) is 6.61 Å². The molecule has 0 radical (unpaired) electrons. The van der Waals surface area contributed by atoms with E-state index in [1.165, 1.54) is 12.8 Å². The number of rotatable bonds is 5. The van der Waals surface area contributed by atoms with E-state index in [0.717, 1.165) is 6.42 Å². The van der Waals surface area contributed by atoms with Gasteiger partial charge in [0, 0.05) is 0 Å². The maximum atomic E-state index is 8.35. The second-order valence-corrected chi connectivity index (χ2v) is 2.18. The molecule has 0 aliphatic carbocycles. The van der Waals surface area contributed by atoms with E-state index < -0.39 is 0 Å². The van der Waals surface area contributed by atoms with E-state index in [0.29, 0.717) is 0 Å². The van der Waals surface area contributed by atoms with Gasteiger partial charge in [-0.3, -0.25) is 0 Å². The fraction of sp³-hybridized carbons (Fsp3) is 0.556. The summed E-state index contributed by atoms with van der Waals surface area (Å²) in [4.78, 5) is 0. The Morgan fingerprint density at radius 1 is 1.20 bits per heavy atom. The lowest BCUT2D eigenvalue weighted by molar-refractivity contribution is 0.343. The number of hydrogen-bond acceptors (Lipinski definition) is 1. The van der Waals surface area contributed by atoms with Crippen molar-refractivity contribution in [1.82, 2.24) is 0 Å². The molecule has 1 heteroatoms. The highest BCUT2D eigenvalue weighted by molar-refractivity contribution is 5.01. The van der Waals surface area contributed by atoms with Crippen LogP contribution >= 0.6 is 0 Å². The Morgan fingerprint density at radius 3 is 2.50 bits per heavy atom. The molecule has 0 atom stereocenters. The summed E-state index contributed by atoms with van der Waals surface area (Å²) in [6, 6.07) is 0. The molecule has 0 aliphatic heterocycles. The van der Waals surface area contributed by atoms with E-state index in [4.69, 9.17) is 5.11 Å². The maximum absolute atomic E-state index is 8.35. The van der Waals surface area contributed by atoms with Gasteiger partial charge in [0.05, 0.1) is 6.61 Å². The molecule has 1 nitrogen and oxygen atoms in total. The van der Waals surface area contributed by atoms with Crippen molar-refractivity contribution in [3.05, 3.63) is 24.3 Å². The van der Waals surface area contributed by atoms with Crippen LogP contribution in [0.1, 0.15) is 26.2 Å². The first-order chi connectivity index (χ1) is 4.91. The van der Waals surface area contributed by atoms with Crippen LogP contribution in [-0.4, -0.2) is 11.7 Å². The molecule has 0 saturated carbocycles. The molecular weight excluding hydrogens is 124 g/mol. The van der Waals surface area contributed by atoms with Gasteiger partial charge >= 0.3 is 0 Å². The van der Waals surface area contributed by atoms with Crippen LogP contribution < -0.4 is 0 Å². The monoisotopic (exact) mass is 140 g/mol. The van der Waals surface area contributed by atoms with Gasteiger partial charge in [0.2, 0.25) is 0 Å². The predicted octanol–water partition coefficient (Wildman–Crippen LogP) is 2.28. The van der Waals surface area contributed by atoms with Gasteiger partial charge in [0.25, 0.3) is 0 Å². The Morgan fingerprint density at radius 2 is 1.90 bits per heavy atom. The van der Waals surface area contributed by atoms with Crippen LogP contribution in [0.2, 0.25) is 0 Å². The molecule has 58 valence electrons. The molecule has 1 N–H and O–H groups in total. The highest BCUT2D eigenvalue weighted by atomic mass is 16.2. The van der Waals surface area contributed by atoms with Crippen LogP contribution in [0.4, 0.5) is 0 Å². The Bertz CT molecular complexity index is 103. The number of hydrogen-bond donors (Lipinski definition) is 1. The topological polar surface area (TPSA) is 20.2 Å².